The minimum atomic E-state index is -1.13. The minimum absolute atomic E-state index is 0.128. The van der Waals surface area contributed by atoms with Gasteiger partial charge in [-0.1, -0.05) is 18.2 Å². The molecule has 27 heavy (non-hydrogen) atoms. The molecule has 1 aromatic rings. The summed E-state index contributed by atoms with van der Waals surface area (Å²) in [7, 11) is 1.60. The molecule has 2 amide bonds. The van der Waals surface area contributed by atoms with Crippen molar-refractivity contribution in [1.29, 1.82) is 0 Å². The highest BCUT2D eigenvalue weighted by Crippen LogP contribution is 2.47. The van der Waals surface area contributed by atoms with E-state index in [2.05, 4.69) is 10.6 Å². The summed E-state index contributed by atoms with van der Waals surface area (Å²) in [5.74, 6) is 0.346. The number of amides is 2. The Morgan fingerprint density at radius 2 is 1.89 bits per heavy atom. The van der Waals surface area contributed by atoms with E-state index >= 15 is 0 Å². The molecule has 4 rings (SSSR count). The lowest BCUT2D eigenvalue weighted by atomic mass is 9.60. The normalized spacial score (nSPS) is 29.2. The third-order valence-electron chi connectivity index (χ3n) is 5.71. The lowest BCUT2D eigenvalue weighted by Gasteiger charge is -2.55. The van der Waals surface area contributed by atoms with E-state index in [-0.39, 0.29) is 12.5 Å². The molecule has 3 fully saturated rings. The number of methoxy groups -OCH3 is 1. The van der Waals surface area contributed by atoms with Gasteiger partial charge < -0.3 is 30.3 Å². The molecule has 4 N–H and O–H groups in total. The Balaban J connectivity index is 1.57. The van der Waals surface area contributed by atoms with Crippen molar-refractivity contribution < 1.29 is 29.3 Å². The lowest BCUT2D eigenvalue weighted by molar-refractivity contribution is -0.129. The van der Waals surface area contributed by atoms with Crippen molar-refractivity contribution in [3.63, 3.8) is 0 Å². The van der Waals surface area contributed by atoms with Gasteiger partial charge in [0.15, 0.2) is 6.61 Å². The van der Waals surface area contributed by atoms with E-state index in [1.54, 1.807) is 13.2 Å². The van der Waals surface area contributed by atoms with Gasteiger partial charge in [-0.2, -0.15) is 0 Å². The summed E-state index contributed by atoms with van der Waals surface area (Å²) in [5, 5.41) is 25.0. The maximum atomic E-state index is 12.4. The third-order valence-corrected chi connectivity index (χ3v) is 5.71. The van der Waals surface area contributed by atoms with Gasteiger partial charge in [0, 0.05) is 18.2 Å². The lowest BCUT2D eigenvalue weighted by Crippen LogP contribution is -2.70. The van der Waals surface area contributed by atoms with E-state index in [0.29, 0.717) is 44.5 Å². The zero-order chi connectivity index (χ0) is 19.5. The molecule has 3 saturated carbocycles. The first-order valence-electron chi connectivity index (χ1n) is 9.08. The van der Waals surface area contributed by atoms with Crippen molar-refractivity contribution in [2.45, 2.75) is 55.9 Å². The fourth-order valence-electron chi connectivity index (χ4n) is 4.27. The number of hydrogen-bond acceptors (Lipinski definition) is 5. The summed E-state index contributed by atoms with van der Waals surface area (Å²) < 4.78 is 10.8. The van der Waals surface area contributed by atoms with Crippen LogP contribution in [0.4, 0.5) is 4.79 Å². The van der Waals surface area contributed by atoms with Gasteiger partial charge in [0.05, 0.1) is 18.2 Å². The number of carboxylic acid groups (broad SMARTS) is 1. The maximum absolute atomic E-state index is 12.4. The molecule has 0 aliphatic heterocycles. The zero-order valence-corrected chi connectivity index (χ0v) is 15.4. The van der Waals surface area contributed by atoms with Gasteiger partial charge >= 0.3 is 6.09 Å². The van der Waals surface area contributed by atoms with Crippen LogP contribution in [0.15, 0.2) is 24.3 Å². The largest absolute Gasteiger partial charge is 0.483 e. The second-order valence-corrected chi connectivity index (χ2v) is 7.46. The second kappa shape index (κ2) is 7.74. The van der Waals surface area contributed by atoms with Crippen LogP contribution in [0, 0.1) is 0 Å². The number of carbonyl (C=O) groups excluding carboxylic acids is 1. The molecule has 0 radical (unpaired) electrons. The molecule has 0 spiro atoms. The predicted octanol–water partition coefficient (Wildman–Crippen LogP) is 1.41. The fraction of sp³-hybridized carbons (Fsp3) is 0.579. The quantitative estimate of drug-likeness (QED) is 0.570. The second-order valence-electron chi connectivity index (χ2n) is 7.46. The number of ether oxygens (including phenoxy) is 2. The van der Waals surface area contributed by atoms with Crippen molar-refractivity contribution in [3.8, 4) is 5.75 Å². The van der Waals surface area contributed by atoms with Crippen LogP contribution in [-0.4, -0.2) is 53.1 Å². The van der Waals surface area contributed by atoms with Crippen molar-refractivity contribution in [2.75, 3.05) is 13.7 Å². The Bertz CT molecular complexity index is 699. The Hall–Kier alpha value is -2.32. The highest BCUT2D eigenvalue weighted by Gasteiger charge is 2.55. The van der Waals surface area contributed by atoms with E-state index < -0.39 is 23.3 Å². The molecule has 0 heterocycles. The predicted molar refractivity (Wildman–Crippen MR) is 96.5 cm³/mol. The average Bonchev–Trinajstić information content (AvgIpc) is 2.62. The highest BCUT2D eigenvalue weighted by molar-refractivity contribution is 5.78. The van der Waals surface area contributed by atoms with Gasteiger partial charge in [0.1, 0.15) is 5.75 Å². The van der Waals surface area contributed by atoms with Gasteiger partial charge in [0.2, 0.25) is 0 Å². The molecule has 3 aliphatic carbocycles. The molecule has 1 atom stereocenters. The first-order valence-corrected chi connectivity index (χ1v) is 9.08. The molecule has 8 nitrogen and oxygen atoms in total. The first-order chi connectivity index (χ1) is 12.9. The van der Waals surface area contributed by atoms with E-state index in [4.69, 9.17) is 14.6 Å². The molecule has 1 aromatic carbocycles. The number of para-hydroxylation sites is 1. The summed E-state index contributed by atoms with van der Waals surface area (Å²) in [6.07, 6.45) is 0.623. The average molecular weight is 378 g/mol. The molecule has 3 aliphatic rings. The van der Waals surface area contributed by atoms with Crippen LogP contribution >= 0.6 is 0 Å². The van der Waals surface area contributed by atoms with Crippen molar-refractivity contribution in [3.05, 3.63) is 29.8 Å². The van der Waals surface area contributed by atoms with Crippen LogP contribution in [0.2, 0.25) is 0 Å². The van der Waals surface area contributed by atoms with Crippen LogP contribution in [-0.2, 0) is 16.1 Å². The molecule has 148 valence electrons. The molecule has 8 heteroatoms. The van der Waals surface area contributed by atoms with Crippen LogP contribution in [0.3, 0.4) is 0 Å². The van der Waals surface area contributed by atoms with Crippen LogP contribution < -0.4 is 15.4 Å². The summed E-state index contributed by atoms with van der Waals surface area (Å²) in [6, 6.07) is 7.38. The Morgan fingerprint density at radius 3 is 2.52 bits per heavy atom. The number of benzene rings is 1. The van der Waals surface area contributed by atoms with Gasteiger partial charge in [0.25, 0.3) is 5.91 Å². The summed E-state index contributed by atoms with van der Waals surface area (Å²) in [4.78, 5) is 23.5. The summed E-state index contributed by atoms with van der Waals surface area (Å²) >= 11 is 0. The summed E-state index contributed by atoms with van der Waals surface area (Å²) in [6.45, 7) is 0.268. The Labute approximate surface area is 157 Å². The van der Waals surface area contributed by atoms with Gasteiger partial charge in [-0.05, 0) is 38.2 Å². The topological polar surface area (TPSA) is 117 Å². The number of hydrogen-bond donors (Lipinski definition) is 4. The number of fused-ring (bicyclic) bond motifs is 3. The highest BCUT2D eigenvalue weighted by atomic mass is 16.5. The van der Waals surface area contributed by atoms with Crippen molar-refractivity contribution >= 4 is 12.0 Å². The molecular formula is C19H26N2O6. The van der Waals surface area contributed by atoms with Crippen molar-refractivity contribution in [2.24, 2.45) is 0 Å². The number of aliphatic hydroxyl groups excluding tert-OH is 1. The number of rotatable bonds is 7. The fourth-order valence-corrected chi connectivity index (χ4v) is 4.27. The van der Waals surface area contributed by atoms with Gasteiger partial charge in [-0.3, -0.25) is 4.79 Å². The van der Waals surface area contributed by atoms with E-state index in [0.717, 1.165) is 5.56 Å². The van der Waals surface area contributed by atoms with Gasteiger partial charge in [-0.25, -0.2) is 4.79 Å². The molecular weight excluding hydrogens is 352 g/mol. The standard InChI is InChI=1S/C19H26N2O6/c1-26-11-13-4-2-3-5-14(13)27-12-16(23)20-18-6-8-19(9-7-18,15(22)10-18)21-17(24)25/h2-5,15,21-22H,6-12H2,1H3,(H,20,23)(H,24,25)/t15-,18?,19?/m0/s1. The number of aliphatic hydroxyl groups is 1. The van der Waals surface area contributed by atoms with Gasteiger partial charge in [-0.15, -0.1) is 0 Å². The van der Waals surface area contributed by atoms with Crippen molar-refractivity contribution in [1.82, 2.24) is 10.6 Å². The minimum Gasteiger partial charge on any atom is -0.483 e. The Morgan fingerprint density at radius 1 is 1.19 bits per heavy atom. The number of nitrogens with one attached hydrogen (secondary N) is 2. The van der Waals surface area contributed by atoms with E-state index in [1.807, 2.05) is 18.2 Å². The van der Waals surface area contributed by atoms with E-state index in [1.165, 1.54) is 0 Å². The van der Waals surface area contributed by atoms with Crippen LogP contribution in [0.5, 0.6) is 5.75 Å². The molecule has 2 bridgehead atoms. The SMILES string of the molecule is COCc1ccccc1OCC(=O)NC12CCC(NC(=O)O)(CC1)[C@@H](O)C2. The van der Waals surface area contributed by atoms with E-state index in [9.17, 15) is 14.7 Å². The molecule has 0 unspecified atom stereocenters. The smallest absolute Gasteiger partial charge is 0.405 e. The third kappa shape index (κ3) is 4.17. The summed E-state index contributed by atoms with van der Waals surface area (Å²) in [5.41, 5.74) is -0.442. The zero-order valence-electron chi connectivity index (χ0n) is 15.4. The monoisotopic (exact) mass is 378 g/mol. The maximum Gasteiger partial charge on any atom is 0.405 e. The van der Waals surface area contributed by atoms with Crippen LogP contribution in [0.1, 0.15) is 37.7 Å². The number of carbonyl (C=O) groups is 2. The first kappa shape index (κ1) is 19.4. The molecule has 0 saturated heterocycles. The molecule has 0 aromatic heterocycles. The van der Waals surface area contributed by atoms with Crippen LogP contribution in [0.25, 0.3) is 0 Å². The Kier molecular flexibility index (Phi) is 5.57.